The second-order valence-corrected chi connectivity index (χ2v) is 3.00. The summed E-state index contributed by atoms with van der Waals surface area (Å²) in [5, 5.41) is 3.12. The molecule has 0 aromatic rings. The molecule has 0 aromatic carbocycles. The van der Waals surface area contributed by atoms with Gasteiger partial charge in [0.15, 0.2) is 0 Å². The summed E-state index contributed by atoms with van der Waals surface area (Å²) in [6, 6.07) is 0. The molecule has 0 fully saturated rings. The van der Waals surface area contributed by atoms with E-state index in [0.717, 1.165) is 13.0 Å². The molecule has 0 unspecified atom stereocenters. The third-order valence-corrected chi connectivity index (χ3v) is 1.77. The summed E-state index contributed by atoms with van der Waals surface area (Å²) in [7, 11) is 1.98. The molecule has 10 heavy (non-hydrogen) atoms. The Hall–Kier alpha value is -0.300. The van der Waals surface area contributed by atoms with Crippen LogP contribution in [0.1, 0.15) is 27.2 Å². The van der Waals surface area contributed by atoms with Crippen LogP contribution >= 0.6 is 0 Å². The third kappa shape index (κ3) is 4.57. The maximum atomic E-state index is 3.12. The fraction of sp³-hybridized carbons (Fsp3) is 0.778. The maximum absolute atomic E-state index is 3.12. The van der Waals surface area contributed by atoms with Crippen molar-refractivity contribution in [1.82, 2.24) is 5.32 Å². The Morgan fingerprint density at radius 2 is 2.10 bits per heavy atom. The molecule has 0 bridgehead atoms. The molecule has 0 aliphatic carbocycles. The number of rotatable bonds is 4. The van der Waals surface area contributed by atoms with Crippen LogP contribution in [-0.2, 0) is 0 Å². The number of hydrogen-bond donors (Lipinski definition) is 1. The van der Waals surface area contributed by atoms with Gasteiger partial charge in [0.25, 0.3) is 0 Å². The van der Waals surface area contributed by atoms with Crippen molar-refractivity contribution >= 4 is 0 Å². The second-order valence-electron chi connectivity index (χ2n) is 3.00. The smallest absolute Gasteiger partial charge is 0.00172 e. The van der Waals surface area contributed by atoms with E-state index in [1.54, 1.807) is 0 Å². The van der Waals surface area contributed by atoms with Crippen molar-refractivity contribution in [3.8, 4) is 0 Å². The third-order valence-electron chi connectivity index (χ3n) is 1.77. The molecule has 0 radical (unpaired) electrons. The Kier molecular flexibility index (Phi) is 5.32. The summed E-state index contributed by atoms with van der Waals surface area (Å²) in [5.74, 6) is 0.705. The van der Waals surface area contributed by atoms with E-state index < -0.39 is 0 Å². The largest absolute Gasteiger partial charge is 0.319 e. The Labute approximate surface area is 64.5 Å². The minimum atomic E-state index is 0.705. The molecular weight excluding hydrogens is 122 g/mol. The molecular formula is C9H19N. The average Bonchev–Trinajstić information content (AvgIpc) is 1.88. The van der Waals surface area contributed by atoms with Crippen LogP contribution < -0.4 is 5.32 Å². The van der Waals surface area contributed by atoms with Gasteiger partial charge in [-0.2, -0.15) is 0 Å². The van der Waals surface area contributed by atoms with Crippen molar-refractivity contribution < 1.29 is 0 Å². The molecule has 0 saturated carbocycles. The van der Waals surface area contributed by atoms with Crippen LogP contribution in [0.3, 0.4) is 0 Å². The minimum Gasteiger partial charge on any atom is -0.319 e. The monoisotopic (exact) mass is 141 g/mol. The Balaban J connectivity index is 3.48. The van der Waals surface area contributed by atoms with Gasteiger partial charge in [0.1, 0.15) is 0 Å². The zero-order valence-corrected chi connectivity index (χ0v) is 7.57. The van der Waals surface area contributed by atoms with Crippen LogP contribution in [-0.4, -0.2) is 13.6 Å². The Bertz CT molecular complexity index is 103. The van der Waals surface area contributed by atoms with Crippen molar-refractivity contribution in [3.05, 3.63) is 11.6 Å². The zero-order chi connectivity index (χ0) is 7.98. The van der Waals surface area contributed by atoms with Gasteiger partial charge in [-0.1, -0.05) is 25.5 Å². The van der Waals surface area contributed by atoms with E-state index in [1.807, 2.05) is 7.05 Å². The van der Waals surface area contributed by atoms with Gasteiger partial charge in [-0.05, 0) is 32.9 Å². The van der Waals surface area contributed by atoms with Gasteiger partial charge in [0.05, 0.1) is 0 Å². The molecule has 0 heterocycles. The summed E-state index contributed by atoms with van der Waals surface area (Å²) in [6.45, 7) is 7.74. The van der Waals surface area contributed by atoms with Crippen molar-refractivity contribution in [2.24, 2.45) is 5.92 Å². The molecule has 1 N–H and O–H groups in total. The first-order valence-corrected chi connectivity index (χ1v) is 3.99. The molecule has 0 saturated heterocycles. The van der Waals surface area contributed by atoms with E-state index in [9.17, 15) is 0 Å². The summed E-state index contributed by atoms with van der Waals surface area (Å²) >= 11 is 0. The van der Waals surface area contributed by atoms with Crippen LogP contribution in [0.15, 0.2) is 11.6 Å². The highest BCUT2D eigenvalue weighted by molar-refractivity contribution is 5.00. The van der Waals surface area contributed by atoms with Crippen molar-refractivity contribution in [3.63, 3.8) is 0 Å². The Morgan fingerprint density at radius 3 is 2.50 bits per heavy atom. The maximum Gasteiger partial charge on any atom is -0.00172 e. The van der Waals surface area contributed by atoms with Crippen molar-refractivity contribution in [1.29, 1.82) is 0 Å². The fourth-order valence-corrected chi connectivity index (χ4v) is 0.680. The van der Waals surface area contributed by atoms with Gasteiger partial charge in [0, 0.05) is 0 Å². The molecule has 0 rings (SSSR count). The highest BCUT2D eigenvalue weighted by atomic mass is 14.8. The first kappa shape index (κ1) is 9.70. The van der Waals surface area contributed by atoms with E-state index in [4.69, 9.17) is 0 Å². The molecule has 0 aliphatic rings. The Morgan fingerprint density at radius 1 is 1.50 bits per heavy atom. The first-order valence-electron chi connectivity index (χ1n) is 3.99. The normalized spacial score (nSPS) is 12.7. The van der Waals surface area contributed by atoms with Gasteiger partial charge in [-0.3, -0.25) is 0 Å². The van der Waals surface area contributed by atoms with Crippen LogP contribution in [0.2, 0.25) is 0 Å². The quantitative estimate of drug-likeness (QED) is 0.467. The van der Waals surface area contributed by atoms with Gasteiger partial charge in [-0.15, -0.1) is 0 Å². The topological polar surface area (TPSA) is 12.0 Å². The minimum absolute atomic E-state index is 0.705. The highest BCUT2D eigenvalue weighted by Crippen LogP contribution is 2.07. The number of hydrogen-bond acceptors (Lipinski definition) is 1. The molecule has 0 spiro atoms. The standard InChI is InChI=1S/C9H19N/c1-8(2)9(3)6-5-7-10-4/h6,8,10H,5,7H2,1-4H3. The molecule has 0 aliphatic heterocycles. The lowest BCUT2D eigenvalue weighted by molar-refractivity contribution is 0.746. The van der Waals surface area contributed by atoms with Gasteiger partial charge in [-0.25, -0.2) is 0 Å². The fourth-order valence-electron chi connectivity index (χ4n) is 0.680. The van der Waals surface area contributed by atoms with E-state index in [-0.39, 0.29) is 0 Å². The van der Waals surface area contributed by atoms with Crippen LogP contribution in [0.4, 0.5) is 0 Å². The van der Waals surface area contributed by atoms with E-state index in [1.165, 1.54) is 5.57 Å². The van der Waals surface area contributed by atoms with Crippen LogP contribution in [0.5, 0.6) is 0 Å². The summed E-state index contributed by atoms with van der Waals surface area (Å²) in [5.41, 5.74) is 1.50. The lowest BCUT2D eigenvalue weighted by Crippen LogP contribution is -2.06. The molecule has 1 nitrogen and oxygen atoms in total. The molecule has 0 atom stereocenters. The number of nitrogens with one attached hydrogen (secondary N) is 1. The lowest BCUT2D eigenvalue weighted by Gasteiger charge is -2.03. The lowest BCUT2D eigenvalue weighted by atomic mass is 10.0. The first-order chi connectivity index (χ1) is 4.68. The van der Waals surface area contributed by atoms with Crippen LogP contribution in [0.25, 0.3) is 0 Å². The van der Waals surface area contributed by atoms with Gasteiger partial charge in [0.2, 0.25) is 0 Å². The van der Waals surface area contributed by atoms with E-state index >= 15 is 0 Å². The number of allylic oxidation sites excluding steroid dienone is 1. The predicted octanol–water partition coefficient (Wildman–Crippen LogP) is 2.20. The molecule has 60 valence electrons. The summed E-state index contributed by atoms with van der Waals surface area (Å²) < 4.78 is 0. The molecule has 1 heteroatoms. The van der Waals surface area contributed by atoms with Crippen molar-refractivity contribution in [2.45, 2.75) is 27.2 Å². The summed E-state index contributed by atoms with van der Waals surface area (Å²) in [6.07, 6.45) is 3.46. The van der Waals surface area contributed by atoms with Crippen LogP contribution in [0, 0.1) is 5.92 Å². The zero-order valence-electron chi connectivity index (χ0n) is 7.57. The van der Waals surface area contributed by atoms with Gasteiger partial charge >= 0.3 is 0 Å². The van der Waals surface area contributed by atoms with Crippen molar-refractivity contribution in [2.75, 3.05) is 13.6 Å². The second kappa shape index (κ2) is 5.48. The van der Waals surface area contributed by atoms with E-state index in [0.29, 0.717) is 5.92 Å². The SMILES string of the molecule is CNCCC=C(C)C(C)C. The molecule has 0 amide bonds. The van der Waals surface area contributed by atoms with Gasteiger partial charge < -0.3 is 5.32 Å². The van der Waals surface area contributed by atoms with E-state index in [2.05, 4.69) is 32.2 Å². The summed E-state index contributed by atoms with van der Waals surface area (Å²) in [4.78, 5) is 0. The highest BCUT2D eigenvalue weighted by Gasteiger charge is 1.93. The average molecular weight is 141 g/mol. The predicted molar refractivity (Wildman–Crippen MR) is 47.1 cm³/mol. The molecule has 0 aromatic heterocycles.